The molecule has 6 heteroatoms. The van der Waals surface area contributed by atoms with Crippen LogP contribution in [0.5, 0.6) is 0 Å². The second kappa shape index (κ2) is 6.58. The molecule has 0 heterocycles. The highest BCUT2D eigenvalue weighted by Crippen LogP contribution is 2.28. The smallest absolute Gasteiger partial charge is 0.185 e. The van der Waals surface area contributed by atoms with E-state index in [-0.39, 0.29) is 12.7 Å². The fourth-order valence-corrected chi connectivity index (χ4v) is 1.95. The van der Waals surface area contributed by atoms with Gasteiger partial charge in [-0.25, -0.2) is 17.6 Å². The lowest BCUT2D eigenvalue weighted by molar-refractivity contribution is 0.186. The zero-order valence-corrected chi connectivity index (χ0v) is 11.2. The molecule has 0 spiro atoms. The third kappa shape index (κ3) is 3.33. The molecule has 0 saturated heterocycles. The number of nitrogens with one attached hydrogen (secondary N) is 1. The zero-order chi connectivity index (χ0) is 15.4. The second-order valence-electron chi connectivity index (χ2n) is 4.41. The van der Waals surface area contributed by atoms with Crippen molar-refractivity contribution in [3.63, 3.8) is 0 Å². The lowest BCUT2D eigenvalue weighted by Crippen LogP contribution is -2.18. The van der Waals surface area contributed by atoms with Crippen molar-refractivity contribution in [2.75, 3.05) is 19.0 Å². The maximum absolute atomic E-state index is 13.7. The van der Waals surface area contributed by atoms with Crippen LogP contribution in [0.4, 0.5) is 23.2 Å². The fourth-order valence-electron chi connectivity index (χ4n) is 1.95. The van der Waals surface area contributed by atoms with E-state index >= 15 is 0 Å². The molecule has 2 rings (SSSR count). The molecule has 21 heavy (non-hydrogen) atoms. The van der Waals surface area contributed by atoms with Gasteiger partial charge in [-0.3, -0.25) is 0 Å². The van der Waals surface area contributed by atoms with Crippen molar-refractivity contribution in [1.29, 1.82) is 0 Å². The molecule has 112 valence electrons. The van der Waals surface area contributed by atoms with Crippen LogP contribution >= 0.6 is 0 Å². The topological polar surface area (TPSA) is 21.3 Å². The zero-order valence-electron chi connectivity index (χ0n) is 11.2. The summed E-state index contributed by atoms with van der Waals surface area (Å²) >= 11 is 0. The van der Waals surface area contributed by atoms with Crippen molar-refractivity contribution in [2.24, 2.45) is 0 Å². The molecule has 1 N–H and O–H groups in total. The lowest BCUT2D eigenvalue weighted by Gasteiger charge is -2.20. The Labute approximate surface area is 119 Å². The largest absolute Gasteiger partial charge is 0.382 e. The predicted molar refractivity (Wildman–Crippen MR) is 71.0 cm³/mol. The first-order valence-electron chi connectivity index (χ1n) is 6.18. The highest BCUT2D eigenvalue weighted by atomic mass is 19.2. The molecule has 1 unspecified atom stereocenters. The van der Waals surface area contributed by atoms with Crippen LogP contribution in [-0.4, -0.2) is 13.7 Å². The molecule has 1 atom stereocenters. The number of anilines is 1. The minimum absolute atomic E-state index is 0.0705. The van der Waals surface area contributed by atoms with Crippen molar-refractivity contribution in [1.82, 2.24) is 0 Å². The number of methoxy groups -OCH3 is 1. The third-order valence-corrected chi connectivity index (χ3v) is 2.97. The van der Waals surface area contributed by atoms with Gasteiger partial charge in [0.1, 0.15) is 5.69 Å². The van der Waals surface area contributed by atoms with Gasteiger partial charge in [-0.2, -0.15) is 0 Å². The summed E-state index contributed by atoms with van der Waals surface area (Å²) in [5.74, 6) is -5.85. The van der Waals surface area contributed by atoms with Crippen LogP contribution in [0.25, 0.3) is 0 Å². The maximum atomic E-state index is 13.7. The Kier molecular flexibility index (Phi) is 4.80. The Morgan fingerprint density at radius 3 is 2.10 bits per heavy atom. The van der Waals surface area contributed by atoms with Crippen LogP contribution in [0.3, 0.4) is 0 Å². The summed E-state index contributed by atoms with van der Waals surface area (Å²) in [4.78, 5) is 0. The van der Waals surface area contributed by atoms with Crippen LogP contribution in [0.15, 0.2) is 36.4 Å². The summed E-state index contributed by atoms with van der Waals surface area (Å²) in [5, 5.41) is 2.46. The SMILES string of the molecule is COCC(Nc1c(F)c(F)cc(F)c1F)c1ccccc1. The van der Waals surface area contributed by atoms with Gasteiger partial charge in [-0.1, -0.05) is 30.3 Å². The summed E-state index contributed by atoms with van der Waals surface area (Å²) in [5.41, 5.74) is -0.179. The van der Waals surface area contributed by atoms with Gasteiger partial charge in [0.25, 0.3) is 0 Å². The van der Waals surface area contributed by atoms with Crippen LogP contribution < -0.4 is 5.32 Å². The van der Waals surface area contributed by atoms with Gasteiger partial charge in [0.15, 0.2) is 23.3 Å². The van der Waals surface area contributed by atoms with Crippen molar-refractivity contribution in [2.45, 2.75) is 6.04 Å². The van der Waals surface area contributed by atoms with E-state index < -0.39 is 35.0 Å². The van der Waals surface area contributed by atoms with Gasteiger partial charge < -0.3 is 10.1 Å². The summed E-state index contributed by atoms with van der Waals surface area (Å²) in [6.07, 6.45) is 0. The van der Waals surface area contributed by atoms with E-state index in [0.717, 1.165) is 0 Å². The minimum atomic E-state index is -1.47. The molecule has 0 aliphatic heterocycles. The first-order valence-corrected chi connectivity index (χ1v) is 6.18. The normalized spacial score (nSPS) is 12.2. The van der Waals surface area contributed by atoms with Crippen molar-refractivity contribution < 1.29 is 22.3 Å². The van der Waals surface area contributed by atoms with E-state index in [4.69, 9.17) is 4.74 Å². The van der Waals surface area contributed by atoms with E-state index in [2.05, 4.69) is 5.32 Å². The molecular formula is C15H13F4NO. The average Bonchev–Trinajstić information content (AvgIpc) is 2.49. The molecular weight excluding hydrogens is 286 g/mol. The Morgan fingerprint density at radius 1 is 1.00 bits per heavy atom. The molecule has 0 radical (unpaired) electrons. The molecule has 2 aromatic rings. The van der Waals surface area contributed by atoms with Crippen molar-refractivity contribution >= 4 is 5.69 Å². The fraction of sp³-hybridized carbons (Fsp3) is 0.200. The van der Waals surface area contributed by atoms with E-state index in [1.165, 1.54) is 7.11 Å². The van der Waals surface area contributed by atoms with Crippen LogP contribution in [0.2, 0.25) is 0 Å². The van der Waals surface area contributed by atoms with Crippen molar-refractivity contribution in [3.8, 4) is 0 Å². The molecule has 0 aliphatic carbocycles. The number of hydrogen-bond acceptors (Lipinski definition) is 2. The second-order valence-corrected chi connectivity index (χ2v) is 4.41. The summed E-state index contributed by atoms with van der Waals surface area (Å²) in [7, 11) is 1.41. The molecule has 0 amide bonds. The Bertz CT molecular complexity index is 593. The van der Waals surface area contributed by atoms with Crippen molar-refractivity contribution in [3.05, 3.63) is 65.2 Å². The van der Waals surface area contributed by atoms with Crippen LogP contribution in [0, 0.1) is 23.3 Å². The number of halogens is 4. The molecule has 2 aromatic carbocycles. The lowest BCUT2D eigenvalue weighted by atomic mass is 10.1. The van der Waals surface area contributed by atoms with Gasteiger partial charge in [0, 0.05) is 13.2 Å². The van der Waals surface area contributed by atoms with Crippen LogP contribution in [0.1, 0.15) is 11.6 Å². The number of hydrogen-bond donors (Lipinski definition) is 1. The molecule has 0 aromatic heterocycles. The number of ether oxygens (including phenoxy) is 1. The molecule has 0 aliphatic rings. The molecule has 0 bridgehead atoms. The first-order chi connectivity index (χ1) is 10.0. The maximum Gasteiger partial charge on any atom is 0.185 e. The van der Waals surface area contributed by atoms with Gasteiger partial charge in [0.2, 0.25) is 0 Å². The van der Waals surface area contributed by atoms with E-state index in [1.54, 1.807) is 30.3 Å². The van der Waals surface area contributed by atoms with Gasteiger partial charge in [-0.05, 0) is 5.56 Å². The summed E-state index contributed by atoms with van der Waals surface area (Å²) in [6.45, 7) is 0.0705. The third-order valence-electron chi connectivity index (χ3n) is 2.97. The summed E-state index contributed by atoms with van der Waals surface area (Å²) in [6, 6.07) is 8.18. The summed E-state index contributed by atoms with van der Waals surface area (Å²) < 4.78 is 58.7. The molecule has 0 fully saturated rings. The minimum Gasteiger partial charge on any atom is -0.382 e. The average molecular weight is 299 g/mol. The predicted octanol–water partition coefficient (Wildman–Crippen LogP) is 4.04. The van der Waals surface area contributed by atoms with Crippen LogP contribution in [-0.2, 0) is 4.74 Å². The van der Waals surface area contributed by atoms with E-state index in [0.29, 0.717) is 5.56 Å². The molecule has 0 saturated carbocycles. The quantitative estimate of drug-likeness (QED) is 0.664. The van der Waals surface area contributed by atoms with E-state index in [9.17, 15) is 17.6 Å². The molecule has 2 nitrogen and oxygen atoms in total. The Balaban J connectivity index is 2.38. The van der Waals surface area contributed by atoms with Gasteiger partial charge >= 0.3 is 0 Å². The van der Waals surface area contributed by atoms with E-state index in [1.807, 2.05) is 0 Å². The standard InChI is InChI=1S/C15H13F4NO/c1-21-8-12(9-5-3-2-4-6-9)20-15-13(18)10(16)7-11(17)14(15)19/h2-7,12,20H,8H2,1H3. The Morgan fingerprint density at radius 2 is 1.57 bits per heavy atom. The highest BCUT2D eigenvalue weighted by Gasteiger charge is 2.22. The number of benzene rings is 2. The Hall–Kier alpha value is -2.08. The highest BCUT2D eigenvalue weighted by molar-refractivity contribution is 5.49. The monoisotopic (exact) mass is 299 g/mol. The first kappa shape index (κ1) is 15.3. The van der Waals surface area contributed by atoms with Gasteiger partial charge in [-0.15, -0.1) is 0 Å². The van der Waals surface area contributed by atoms with Gasteiger partial charge in [0.05, 0.1) is 12.6 Å². The number of rotatable bonds is 5.